The number of aromatic nitrogens is 2. The molecular weight excluding hydrogens is 323 g/mol. The lowest BCUT2D eigenvalue weighted by Gasteiger charge is -2.19. The van der Waals surface area contributed by atoms with Gasteiger partial charge >= 0.3 is 0 Å². The SMILES string of the molecule is CN(Cc1cccc(Cl)c1Cl)C(=O)c1n[nH]c2c1CNCC2. The summed E-state index contributed by atoms with van der Waals surface area (Å²) in [7, 11) is 1.73. The van der Waals surface area contributed by atoms with Crippen LogP contribution in [0.5, 0.6) is 0 Å². The number of amides is 1. The number of hydrogen-bond donors (Lipinski definition) is 2. The van der Waals surface area contributed by atoms with Crippen LogP contribution in [-0.4, -0.2) is 34.6 Å². The molecule has 0 fully saturated rings. The molecule has 7 heteroatoms. The first-order valence-electron chi connectivity index (χ1n) is 7.03. The fourth-order valence-corrected chi connectivity index (χ4v) is 2.96. The summed E-state index contributed by atoms with van der Waals surface area (Å²) in [5.74, 6) is -0.128. The zero-order valence-corrected chi connectivity index (χ0v) is 13.6. The molecule has 0 radical (unpaired) electrons. The molecule has 1 aliphatic rings. The zero-order chi connectivity index (χ0) is 15.7. The summed E-state index contributed by atoms with van der Waals surface area (Å²) in [5.41, 5.74) is 3.28. The predicted octanol–water partition coefficient (Wildman–Crippen LogP) is 2.63. The van der Waals surface area contributed by atoms with Crippen LogP contribution in [0.1, 0.15) is 27.3 Å². The standard InChI is InChI=1S/C15H16Cl2N4O/c1-21(8-9-3-2-4-11(16)13(9)17)15(22)14-10-7-18-6-5-12(10)19-20-14/h2-4,18H,5-8H2,1H3,(H,19,20). The molecule has 0 saturated heterocycles. The number of halogens is 2. The van der Waals surface area contributed by atoms with Crippen LogP contribution in [-0.2, 0) is 19.5 Å². The van der Waals surface area contributed by atoms with E-state index in [4.69, 9.17) is 23.2 Å². The number of nitrogens with zero attached hydrogens (tertiary/aromatic N) is 2. The molecule has 3 rings (SSSR count). The minimum Gasteiger partial charge on any atom is -0.336 e. The summed E-state index contributed by atoms with van der Waals surface area (Å²) in [4.78, 5) is 14.2. The third-order valence-corrected chi connectivity index (χ3v) is 4.65. The van der Waals surface area contributed by atoms with Gasteiger partial charge < -0.3 is 10.2 Å². The lowest BCUT2D eigenvalue weighted by molar-refractivity contribution is 0.0778. The third kappa shape index (κ3) is 2.84. The van der Waals surface area contributed by atoms with Crippen LogP contribution in [0.25, 0.3) is 0 Å². The van der Waals surface area contributed by atoms with Crippen molar-refractivity contribution in [2.24, 2.45) is 0 Å². The van der Waals surface area contributed by atoms with E-state index in [1.807, 2.05) is 12.1 Å². The van der Waals surface area contributed by atoms with Crippen molar-refractivity contribution >= 4 is 29.1 Å². The molecule has 1 amide bonds. The lowest BCUT2D eigenvalue weighted by Crippen LogP contribution is -2.30. The van der Waals surface area contributed by atoms with Crippen LogP contribution in [0, 0.1) is 0 Å². The summed E-state index contributed by atoms with van der Waals surface area (Å²) < 4.78 is 0. The number of fused-ring (bicyclic) bond motifs is 1. The molecule has 2 aromatic rings. The van der Waals surface area contributed by atoms with Gasteiger partial charge in [0.05, 0.1) is 10.0 Å². The van der Waals surface area contributed by atoms with Crippen LogP contribution in [0.2, 0.25) is 10.0 Å². The Labute approximate surface area is 138 Å². The van der Waals surface area contributed by atoms with E-state index in [1.165, 1.54) is 0 Å². The van der Waals surface area contributed by atoms with Gasteiger partial charge in [0.1, 0.15) is 0 Å². The van der Waals surface area contributed by atoms with Gasteiger partial charge in [0.15, 0.2) is 5.69 Å². The molecule has 5 nitrogen and oxygen atoms in total. The smallest absolute Gasteiger partial charge is 0.274 e. The molecule has 0 spiro atoms. The highest BCUT2D eigenvalue weighted by atomic mass is 35.5. The molecule has 1 aliphatic heterocycles. The van der Waals surface area contributed by atoms with Gasteiger partial charge in [-0.15, -0.1) is 0 Å². The van der Waals surface area contributed by atoms with E-state index in [2.05, 4.69) is 15.5 Å². The van der Waals surface area contributed by atoms with E-state index in [9.17, 15) is 4.79 Å². The average molecular weight is 339 g/mol. The number of hydrogen-bond acceptors (Lipinski definition) is 3. The number of rotatable bonds is 3. The van der Waals surface area contributed by atoms with Gasteiger partial charge in [0.25, 0.3) is 5.91 Å². The van der Waals surface area contributed by atoms with Crippen molar-refractivity contribution in [1.82, 2.24) is 20.4 Å². The number of aromatic amines is 1. The highest BCUT2D eigenvalue weighted by molar-refractivity contribution is 6.42. The van der Waals surface area contributed by atoms with E-state index in [-0.39, 0.29) is 5.91 Å². The Bertz CT molecular complexity index is 714. The van der Waals surface area contributed by atoms with E-state index < -0.39 is 0 Å². The Kier molecular flexibility index (Phi) is 4.38. The molecular formula is C15H16Cl2N4O. The second kappa shape index (κ2) is 6.28. The largest absolute Gasteiger partial charge is 0.336 e. The second-order valence-corrected chi connectivity index (χ2v) is 6.12. The van der Waals surface area contributed by atoms with Gasteiger partial charge in [0.2, 0.25) is 0 Å². The molecule has 1 aromatic carbocycles. The van der Waals surface area contributed by atoms with Gasteiger partial charge in [-0.1, -0.05) is 35.3 Å². The van der Waals surface area contributed by atoms with Crippen LogP contribution in [0.4, 0.5) is 0 Å². The molecule has 0 saturated carbocycles. The summed E-state index contributed by atoms with van der Waals surface area (Å²) >= 11 is 12.2. The van der Waals surface area contributed by atoms with E-state index in [0.717, 1.165) is 29.8 Å². The highest BCUT2D eigenvalue weighted by Gasteiger charge is 2.24. The average Bonchev–Trinajstić information content (AvgIpc) is 2.95. The van der Waals surface area contributed by atoms with Crippen molar-refractivity contribution in [3.63, 3.8) is 0 Å². The quantitative estimate of drug-likeness (QED) is 0.904. The minimum atomic E-state index is -0.128. The van der Waals surface area contributed by atoms with Crippen molar-refractivity contribution in [3.8, 4) is 0 Å². The van der Waals surface area contributed by atoms with Crippen molar-refractivity contribution < 1.29 is 4.79 Å². The number of benzene rings is 1. The maximum atomic E-state index is 12.6. The van der Waals surface area contributed by atoms with Crippen molar-refractivity contribution in [2.45, 2.75) is 19.5 Å². The number of carbonyl (C=O) groups is 1. The lowest BCUT2D eigenvalue weighted by atomic mass is 10.1. The molecule has 0 aliphatic carbocycles. The molecule has 2 N–H and O–H groups in total. The van der Waals surface area contributed by atoms with Crippen LogP contribution >= 0.6 is 23.2 Å². The Balaban J connectivity index is 1.80. The molecule has 116 valence electrons. The van der Waals surface area contributed by atoms with Gasteiger partial charge in [0, 0.05) is 44.4 Å². The van der Waals surface area contributed by atoms with Crippen molar-refractivity contribution in [1.29, 1.82) is 0 Å². The fourth-order valence-electron chi connectivity index (χ4n) is 2.58. The van der Waals surface area contributed by atoms with Gasteiger partial charge in [-0.25, -0.2) is 0 Å². The summed E-state index contributed by atoms with van der Waals surface area (Å²) in [6.07, 6.45) is 0.861. The monoisotopic (exact) mass is 338 g/mol. The van der Waals surface area contributed by atoms with Gasteiger partial charge in [-0.2, -0.15) is 5.10 Å². The fraction of sp³-hybridized carbons (Fsp3) is 0.333. The summed E-state index contributed by atoms with van der Waals surface area (Å²) in [6, 6.07) is 5.41. The second-order valence-electron chi connectivity index (χ2n) is 5.33. The normalized spacial score (nSPS) is 13.8. The molecule has 2 heterocycles. The van der Waals surface area contributed by atoms with E-state index in [0.29, 0.717) is 28.8 Å². The van der Waals surface area contributed by atoms with Crippen LogP contribution < -0.4 is 5.32 Å². The predicted molar refractivity (Wildman–Crippen MR) is 86.3 cm³/mol. The van der Waals surface area contributed by atoms with E-state index in [1.54, 1.807) is 18.0 Å². The number of nitrogens with one attached hydrogen (secondary N) is 2. The van der Waals surface area contributed by atoms with E-state index >= 15 is 0 Å². The molecule has 1 aromatic heterocycles. The van der Waals surface area contributed by atoms with Gasteiger partial charge in [-0.3, -0.25) is 9.89 Å². The Morgan fingerprint density at radius 2 is 2.23 bits per heavy atom. The topological polar surface area (TPSA) is 61.0 Å². The molecule has 0 atom stereocenters. The molecule has 0 unspecified atom stereocenters. The first-order valence-corrected chi connectivity index (χ1v) is 7.78. The number of H-pyrrole nitrogens is 1. The van der Waals surface area contributed by atoms with Crippen molar-refractivity contribution in [3.05, 3.63) is 50.8 Å². The Morgan fingerprint density at radius 3 is 3.05 bits per heavy atom. The van der Waals surface area contributed by atoms with Crippen LogP contribution in [0.3, 0.4) is 0 Å². The zero-order valence-electron chi connectivity index (χ0n) is 12.1. The van der Waals surface area contributed by atoms with Crippen molar-refractivity contribution in [2.75, 3.05) is 13.6 Å². The summed E-state index contributed by atoms with van der Waals surface area (Å²) in [6.45, 7) is 1.95. The Hall–Kier alpha value is -1.56. The first-order chi connectivity index (χ1) is 10.6. The first kappa shape index (κ1) is 15.3. The molecule has 0 bridgehead atoms. The minimum absolute atomic E-state index is 0.128. The maximum absolute atomic E-state index is 12.6. The third-order valence-electron chi connectivity index (χ3n) is 3.79. The van der Waals surface area contributed by atoms with Crippen LogP contribution in [0.15, 0.2) is 18.2 Å². The van der Waals surface area contributed by atoms with Gasteiger partial charge in [-0.05, 0) is 11.6 Å². The highest BCUT2D eigenvalue weighted by Crippen LogP contribution is 2.27. The number of carbonyl (C=O) groups excluding carboxylic acids is 1. The maximum Gasteiger partial charge on any atom is 0.274 e. The molecule has 22 heavy (non-hydrogen) atoms. The summed E-state index contributed by atoms with van der Waals surface area (Å²) in [5, 5.41) is 11.4. The Morgan fingerprint density at radius 1 is 1.41 bits per heavy atom.